The Balaban J connectivity index is 2.09. The molecule has 0 bridgehead atoms. The van der Waals surface area contributed by atoms with E-state index in [9.17, 15) is 17.6 Å². The molecule has 2 rings (SSSR count). The number of rotatable bonds is 3. The van der Waals surface area contributed by atoms with Crippen molar-refractivity contribution in [1.82, 2.24) is 5.32 Å². The maximum Gasteiger partial charge on any atom is 0.393 e. The van der Waals surface area contributed by atoms with Gasteiger partial charge in [0.1, 0.15) is 5.82 Å². The van der Waals surface area contributed by atoms with E-state index in [0.29, 0.717) is 18.4 Å². The van der Waals surface area contributed by atoms with E-state index in [1.165, 1.54) is 6.07 Å². The van der Waals surface area contributed by atoms with E-state index in [2.05, 4.69) is 5.32 Å². The minimum Gasteiger partial charge on any atom is -0.307 e. The van der Waals surface area contributed by atoms with Crippen LogP contribution in [0.5, 0.6) is 0 Å². The highest BCUT2D eigenvalue weighted by Crippen LogP contribution is 2.38. The van der Waals surface area contributed by atoms with Gasteiger partial charge in [-0.2, -0.15) is 13.2 Å². The number of alkyl halides is 3. The van der Waals surface area contributed by atoms with Gasteiger partial charge in [0.15, 0.2) is 0 Å². The van der Waals surface area contributed by atoms with Crippen molar-refractivity contribution < 1.29 is 17.6 Å². The number of hydrogen-bond acceptors (Lipinski definition) is 1. The number of benzene rings is 1. The number of nitrogens with one attached hydrogen (secondary N) is 1. The lowest BCUT2D eigenvalue weighted by atomic mass is 9.83. The van der Waals surface area contributed by atoms with E-state index in [-0.39, 0.29) is 12.2 Å². The molecular formula is C15H19F4N. The summed E-state index contributed by atoms with van der Waals surface area (Å²) in [5.41, 5.74) is 0.416. The molecule has 3 atom stereocenters. The summed E-state index contributed by atoms with van der Waals surface area (Å²) >= 11 is 0. The number of halogens is 4. The third kappa shape index (κ3) is 3.51. The molecule has 1 aromatic rings. The molecule has 1 nitrogen and oxygen atoms in total. The predicted molar refractivity (Wildman–Crippen MR) is 69.8 cm³/mol. The van der Waals surface area contributed by atoms with Crippen LogP contribution in [0, 0.1) is 11.7 Å². The summed E-state index contributed by atoms with van der Waals surface area (Å²) in [7, 11) is 0. The van der Waals surface area contributed by atoms with Crippen LogP contribution in [-0.4, -0.2) is 12.2 Å². The lowest BCUT2D eigenvalue weighted by Gasteiger charge is -2.35. The summed E-state index contributed by atoms with van der Waals surface area (Å²) in [6.07, 6.45) is -2.15. The van der Waals surface area contributed by atoms with Crippen molar-refractivity contribution in [3.05, 3.63) is 35.6 Å². The molecule has 0 aromatic heterocycles. The van der Waals surface area contributed by atoms with Crippen molar-refractivity contribution in [3.8, 4) is 0 Å². The molecule has 0 saturated heterocycles. The SMILES string of the molecule is C[C@H](N[C@H]1CCCC[C@H]1C(F)(F)F)c1ccccc1F. The average Bonchev–Trinajstić information content (AvgIpc) is 2.38. The lowest BCUT2D eigenvalue weighted by molar-refractivity contribution is -0.189. The molecule has 0 spiro atoms. The van der Waals surface area contributed by atoms with Gasteiger partial charge in [-0.15, -0.1) is 0 Å². The van der Waals surface area contributed by atoms with Crippen molar-refractivity contribution in [3.63, 3.8) is 0 Å². The normalized spacial score (nSPS) is 25.4. The molecule has 1 fully saturated rings. The first-order chi connectivity index (χ1) is 9.39. The Morgan fingerprint density at radius 1 is 1.15 bits per heavy atom. The molecule has 1 aliphatic rings. The highest BCUT2D eigenvalue weighted by Gasteiger charge is 2.45. The maximum absolute atomic E-state index is 13.7. The van der Waals surface area contributed by atoms with Gasteiger partial charge >= 0.3 is 6.18 Å². The molecule has 20 heavy (non-hydrogen) atoms. The average molecular weight is 289 g/mol. The summed E-state index contributed by atoms with van der Waals surface area (Å²) in [4.78, 5) is 0. The smallest absolute Gasteiger partial charge is 0.307 e. The standard InChI is InChI=1S/C15H19F4N/c1-10(11-6-2-4-8-13(11)16)20-14-9-5-3-7-12(14)15(17,18)19/h2,4,6,8,10,12,14,20H,3,5,7,9H2,1H3/t10-,12+,14-/m0/s1. The summed E-state index contributed by atoms with van der Waals surface area (Å²) in [5.74, 6) is -1.71. The fourth-order valence-corrected chi connectivity index (χ4v) is 2.96. The molecule has 0 radical (unpaired) electrons. The van der Waals surface area contributed by atoms with Crippen molar-refractivity contribution in [2.45, 2.75) is 50.9 Å². The quantitative estimate of drug-likeness (QED) is 0.802. The second-order valence-corrected chi connectivity index (χ2v) is 5.45. The fourth-order valence-electron chi connectivity index (χ4n) is 2.96. The van der Waals surface area contributed by atoms with Gasteiger partial charge in [-0.25, -0.2) is 4.39 Å². The molecule has 0 aliphatic heterocycles. The summed E-state index contributed by atoms with van der Waals surface area (Å²) < 4.78 is 52.7. The zero-order chi connectivity index (χ0) is 14.8. The first-order valence-electron chi connectivity index (χ1n) is 6.97. The van der Waals surface area contributed by atoms with E-state index in [4.69, 9.17) is 0 Å². The van der Waals surface area contributed by atoms with E-state index in [1.54, 1.807) is 25.1 Å². The van der Waals surface area contributed by atoms with Crippen molar-refractivity contribution in [1.29, 1.82) is 0 Å². The zero-order valence-electron chi connectivity index (χ0n) is 11.4. The van der Waals surface area contributed by atoms with Gasteiger partial charge in [-0.1, -0.05) is 31.0 Å². The first kappa shape index (κ1) is 15.3. The van der Waals surface area contributed by atoms with Crippen LogP contribution in [0.25, 0.3) is 0 Å². The fraction of sp³-hybridized carbons (Fsp3) is 0.600. The third-order valence-corrected chi connectivity index (χ3v) is 4.02. The second kappa shape index (κ2) is 6.12. The lowest BCUT2D eigenvalue weighted by Crippen LogP contribution is -2.46. The zero-order valence-corrected chi connectivity index (χ0v) is 11.4. The van der Waals surface area contributed by atoms with E-state index in [1.807, 2.05) is 0 Å². The molecule has 1 aromatic carbocycles. The Kier molecular flexibility index (Phi) is 4.68. The Labute approximate surface area is 116 Å². The van der Waals surface area contributed by atoms with Crippen molar-refractivity contribution in [2.24, 2.45) is 5.92 Å². The first-order valence-corrected chi connectivity index (χ1v) is 6.97. The van der Waals surface area contributed by atoms with Crippen LogP contribution in [0.2, 0.25) is 0 Å². The molecule has 0 heterocycles. The third-order valence-electron chi connectivity index (χ3n) is 4.02. The Hall–Kier alpha value is -1.10. The van der Waals surface area contributed by atoms with Gasteiger partial charge in [-0.05, 0) is 25.8 Å². The van der Waals surface area contributed by atoms with Gasteiger partial charge in [0.2, 0.25) is 0 Å². The number of hydrogen-bond donors (Lipinski definition) is 1. The van der Waals surface area contributed by atoms with Gasteiger partial charge in [-0.3, -0.25) is 0 Å². The highest BCUT2D eigenvalue weighted by molar-refractivity contribution is 5.20. The minimum atomic E-state index is -4.19. The van der Waals surface area contributed by atoms with Crippen LogP contribution >= 0.6 is 0 Å². The van der Waals surface area contributed by atoms with Crippen molar-refractivity contribution in [2.75, 3.05) is 0 Å². The van der Waals surface area contributed by atoms with Crippen LogP contribution in [0.4, 0.5) is 17.6 Å². The summed E-state index contributed by atoms with van der Waals surface area (Å²) in [5, 5.41) is 2.97. The highest BCUT2D eigenvalue weighted by atomic mass is 19.4. The Morgan fingerprint density at radius 3 is 2.45 bits per heavy atom. The summed E-state index contributed by atoms with van der Waals surface area (Å²) in [6, 6.07) is 5.15. The molecule has 1 saturated carbocycles. The van der Waals surface area contributed by atoms with Gasteiger partial charge in [0, 0.05) is 17.6 Å². The topological polar surface area (TPSA) is 12.0 Å². The van der Waals surface area contributed by atoms with Crippen LogP contribution in [-0.2, 0) is 0 Å². The maximum atomic E-state index is 13.7. The largest absolute Gasteiger partial charge is 0.393 e. The molecule has 1 N–H and O–H groups in total. The Bertz CT molecular complexity index is 444. The van der Waals surface area contributed by atoms with Gasteiger partial charge < -0.3 is 5.32 Å². The van der Waals surface area contributed by atoms with Crippen LogP contribution in [0.1, 0.15) is 44.2 Å². The monoisotopic (exact) mass is 289 g/mol. The van der Waals surface area contributed by atoms with E-state index >= 15 is 0 Å². The summed E-state index contributed by atoms with van der Waals surface area (Å²) in [6.45, 7) is 1.71. The van der Waals surface area contributed by atoms with Crippen LogP contribution in [0.15, 0.2) is 24.3 Å². The Morgan fingerprint density at radius 2 is 1.80 bits per heavy atom. The molecule has 1 aliphatic carbocycles. The molecular weight excluding hydrogens is 270 g/mol. The van der Waals surface area contributed by atoms with E-state index < -0.39 is 24.2 Å². The molecule has 112 valence electrons. The van der Waals surface area contributed by atoms with Crippen LogP contribution < -0.4 is 5.32 Å². The molecule has 5 heteroatoms. The van der Waals surface area contributed by atoms with Gasteiger partial charge in [0.25, 0.3) is 0 Å². The second-order valence-electron chi connectivity index (χ2n) is 5.45. The predicted octanol–water partition coefficient (Wildman–Crippen LogP) is 4.60. The van der Waals surface area contributed by atoms with Crippen molar-refractivity contribution >= 4 is 0 Å². The van der Waals surface area contributed by atoms with Crippen LogP contribution in [0.3, 0.4) is 0 Å². The molecule has 0 unspecified atom stereocenters. The van der Waals surface area contributed by atoms with Gasteiger partial charge in [0.05, 0.1) is 5.92 Å². The minimum absolute atomic E-state index is 0.158. The molecule has 0 amide bonds. The van der Waals surface area contributed by atoms with E-state index in [0.717, 1.165) is 6.42 Å².